The highest BCUT2D eigenvalue weighted by molar-refractivity contribution is 7.96. The molecule has 0 fully saturated rings. The lowest BCUT2D eigenvalue weighted by atomic mass is 10.1. The minimum Gasteiger partial charge on any atom is -0.468 e. The van der Waals surface area contributed by atoms with Crippen LogP contribution in [0.5, 0.6) is 0 Å². The van der Waals surface area contributed by atoms with E-state index in [-0.39, 0.29) is 11.5 Å². The van der Waals surface area contributed by atoms with Crippen LogP contribution >= 0.6 is 25.3 Å². The fourth-order valence-corrected chi connectivity index (χ4v) is 0.987. The zero-order valence-electron chi connectivity index (χ0n) is 7.03. The van der Waals surface area contributed by atoms with E-state index in [1.54, 1.807) is 6.92 Å². The average molecular weight is 208 g/mol. The topological polar surface area (TPSA) is 43.4 Å². The highest BCUT2D eigenvalue weighted by atomic mass is 32.1. The first-order chi connectivity index (χ1) is 5.40. The van der Waals surface area contributed by atoms with Crippen molar-refractivity contribution in [3.05, 3.63) is 0 Å². The Bertz CT molecular complexity index is 189. The van der Waals surface area contributed by atoms with Crippen LogP contribution in [0, 0.1) is 0 Å². The Morgan fingerprint density at radius 3 is 2.33 bits per heavy atom. The van der Waals surface area contributed by atoms with Crippen LogP contribution in [0.15, 0.2) is 0 Å². The Hall–Kier alpha value is -0.160. The molecule has 0 saturated heterocycles. The molecule has 0 amide bonds. The Balaban J connectivity index is 4.03. The third-order valence-corrected chi connectivity index (χ3v) is 2.08. The van der Waals surface area contributed by atoms with Gasteiger partial charge in [0.25, 0.3) is 0 Å². The second-order valence-corrected chi connectivity index (χ2v) is 4.15. The van der Waals surface area contributed by atoms with Gasteiger partial charge < -0.3 is 4.74 Å². The number of methoxy groups -OCH3 is 1. The summed E-state index contributed by atoms with van der Waals surface area (Å²) in [6, 6.07) is 0. The normalized spacial score (nSPS) is 15.0. The maximum Gasteiger partial charge on any atom is 0.321 e. The highest BCUT2D eigenvalue weighted by Crippen LogP contribution is 2.22. The quantitative estimate of drug-likeness (QED) is 0.537. The fourth-order valence-electron chi connectivity index (χ4n) is 0.672. The summed E-state index contributed by atoms with van der Waals surface area (Å²) in [4.78, 5) is 21.5. The SMILES string of the molecule is COC(=O)C(C)(S)CCC(=O)S. The second kappa shape index (κ2) is 4.77. The van der Waals surface area contributed by atoms with Crippen LogP contribution < -0.4 is 0 Å². The van der Waals surface area contributed by atoms with Gasteiger partial charge in [0.2, 0.25) is 0 Å². The maximum atomic E-state index is 11.0. The second-order valence-electron chi connectivity index (χ2n) is 2.66. The van der Waals surface area contributed by atoms with Crippen molar-refractivity contribution in [3.63, 3.8) is 0 Å². The molecule has 5 heteroatoms. The third-order valence-electron chi connectivity index (χ3n) is 1.45. The summed E-state index contributed by atoms with van der Waals surface area (Å²) >= 11 is 7.66. The van der Waals surface area contributed by atoms with Crippen molar-refractivity contribution in [2.24, 2.45) is 0 Å². The number of rotatable bonds is 4. The van der Waals surface area contributed by atoms with Crippen molar-refractivity contribution in [1.29, 1.82) is 0 Å². The minimum absolute atomic E-state index is 0.220. The van der Waals surface area contributed by atoms with E-state index in [9.17, 15) is 9.59 Å². The predicted molar refractivity (Wildman–Crippen MR) is 52.6 cm³/mol. The molecule has 1 unspecified atom stereocenters. The molecule has 0 radical (unpaired) electrons. The van der Waals surface area contributed by atoms with Crippen molar-refractivity contribution < 1.29 is 14.3 Å². The highest BCUT2D eigenvalue weighted by Gasteiger charge is 2.29. The number of carbonyl (C=O) groups excluding carboxylic acids is 2. The fraction of sp³-hybridized carbons (Fsp3) is 0.714. The van der Waals surface area contributed by atoms with E-state index in [4.69, 9.17) is 0 Å². The summed E-state index contributed by atoms with van der Waals surface area (Å²) in [7, 11) is 1.29. The molecule has 0 bridgehead atoms. The molecule has 0 N–H and O–H groups in total. The molecule has 0 aromatic carbocycles. The predicted octanol–water partition coefficient (Wildman–Crippen LogP) is 1.08. The lowest BCUT2D eigenvalue weighted by Gasteiger charge is -2.18. The van der Waals surface area contributed by atoms with Crippen LogP contribution in [-0.2, 0) is 14.3 Å². The Kier molecular flexibility index (Phi) is 4.70. The third kappa shape index (κ3) is 4.01. The van der Waals surface area contributed by atoms with Gasteiger partial charge in [-0.1, -0.05) is 0 Å². The number of esters is 1. The summed E-state index contributed by atoms with van der Waals surface area (Å²) in [6.45, 7) is 1.61. The molecule has 0 heterocycles. The van der Waals surface area contributed by atoms with E-state index < -0.39 is 10.7 Å². The minimum atomic E-state index is -0.896. The molecule has 0 spiro atoms. The Morgan fingerprint density at radius 1 is 1.50 bits per heavy atom. The summed E-state index contributed by atoms with van der Waals surface area (Å²) < 4.78 is 3.60. The van der Waals surface area contributed by atoms with Gasteiger partial charge in [-0.2, -0.15) is 12.6 Å². The molecule has 0 aromatic rings. The number of hydrogen-bond donors (Lipinski definition) is 2. The van der Waals surface area contributed by atoms with Gasteiger partial charge in [-0.3, -0.25) is 9.59 Å². The number of carbonyl (C=O) groups is 2. The summed E-state index contributed by atoms with van der Waals surface area (Å²) in [5, 5.41) is -0.251. The van der Waals surface area contributed by atoms with Gasteiger partial charge in [-0.05, 0) is 13.3 Å². The molecule has 3 nitrogen and oxygen atoms in total. The molecule has 70 valence electrons. The van der Waals surface area contributed by atoms with E-state index in [1.165, 1.54) is 7.11 Å². The average Bonchev–Trinajstić information content (AvgIpc) is 1.99. The van der Waals surface area contributed by atoms with Crippen LogP contribution in [0.3, 0.4) is 0 Å². The van der Waals surface area contributed by atoms with Gasteiger partial charge in [0.15, 0.2) is 5.12 Å². The first-order valence-electron chi connectivity index (χ1n) is 3.42. The standard InChI is InChI=1S/C7H12O3S2/c1-7(12,6(9)10-2)4-3-5(8)11/h12H,3-4H2,1-2H3,(H,8,11). The first kappa shape index (κ1) is 11.8. The largest absolute Gasteiger partial charge is 0.468 e. The monoisotopic (exact) mass is 208 g/mol. The van der Waals surface area contributed by atoms with E-state index >= 15 is 0 Å². The molecule has 12 heavy (non-hydrogen) atoms. The Labute approximate surface area is 82.7 Å². The van der Waals surface area contributed by atoms with Gasteiger partial charge in [0, 0.05) is 6.42 Å². The van der Waals surface area contributed by atoms with Crippen molar-refractivity contribution in [1.82, 2.24) is 0 Å². The first-order valence-corrected chi connectivity index (χ1v) is 4.32. The van der Waals surface area contributed by atoms with Crippen LogP contribution in [0.25, 0.3) is 0 Å². The number of ether oxygens (including phenoxy) is 1. The van der Waals surface area contributed by atoms with Crippen molar-refractivity contribution >= 4 is 36.3 Å². The smallest absolute Gasteiger partial charge is 0.321 e. The summed E-state index contributed by atoms with van der Waals surface area (Å²) in [5.41, 5.74) is 0. The molecule has 0 rings (SSSR count). The summed E-state index contributed by atoms with van der Waals surface area (Å²) in [6.07, 6.45) is 0.559. The van der Waals surface area contributed by atoms with Gasteiger partial charge >= 0.3 is 5.97 Å². The lowest BCUT2D eigenvalue weighted by Crippen LogP contribution is -2.30. The zero-order chi connectivity index (χ0) is 9.78. The Morgan fingerprint density at radius 2 is 2.00 bits per heavy atom. The molecule has 0 aliphatic carbocycles. The van der Waals surface area contributed by atoms with Gasteiger partial charge in [-0.25, -0.2) is 0 Å². The van der Waals surface area contributed by atoms with Gasteiger partial charge in [0.1, 0.15) is 4.75 Å². The molecule has 0 aliphatic rings. The maximum absolute atomic E-state index is 11.0. The van der Waals surface area contributed by atoms with Crippen LogP contribution in [-0.4, -0.2) is 22.9 Å². The van der Waals surface area contributed by atoms with Crippen LogP contribution in [0.2, 0.25) is 0 Å². The molecule has 0 aliphatic heterocycles. The van der Waals surface area contributed by atoms with E-state index in [0.717, 1.165) is 0 Å². The molecule has 0 saturated carbocycles. The number of thiol groups is 2. The van der Waals surface area contributed by atoms with E-state index in [2.05, 4.69) is 30.0 Å². The lowest BCUT2D eigenvalue weighted by molar-refractivity contribution is -0.143. The molecular formula is C7H12O3S2. The van der Waals surface area contributed by atoms with Gasteiger partial charge in [0.05, 0.1) is 7.11 Å². The van der Waals surface area contributed by atoms with Crippen molar-refractivity contribution in [3.8, 4) is 0 Å². The molecular weight excluding hydrogens is 196 g/mol. The van der Waals surface area contributed by atoms with Crippen LogP contribution in [0.1, 0.15) is 19.8 Å². The molecule has 1 atom stereocenters. The number of hydrogen-bond acceptors (Lipinski definition) is 4. The van der Waals surface area contributed by atoms with Crippen LogP contribution in [0.4, 0.5) is 0 Å². The van der Waals surface area contributed by atoms with Crippen molar-refractivity contribution in [2.45, 2.75) is 24.5 Å². The van der Waals surface area contributed by atoms with Crippen molar-refractivity contribution in [2.75, 3.05) is 7.11 Å². The van der Waals surface area contributed by atoms with E-state index in [1.807, 2.05) is 0 Å². The zero-order valence-corrected chi connectivity index (χ0v) is 8.82. The van der Waals surface area contributed by atoms with Gasteiger partial charge in [-0.15, -0.1) is 12.6 Å². The van der Waals surface area contributed by atoms with E-state index in [0.29, 0.717) is 6.42 Å². The molecule has 0 aromatic heterocycles. The summed E-state index contributed by atoms with van der Waals surface area (Å²) in [5.74, 6) is -0.430.